The number of hydrogen-bond donors (Lipinski definition) is 3. The van der Waals surface area contributed by atoms with Crippen LogP contribution in [0.25, 0.3) is 0 Å². The Bertz CT molecular complexity index is 625. The molecule has 6 heteroatoms. The highest BCUT2D eigenvalue weighted by molar-refractivity contribution is 5.67. The van der Waals surface area contributed by atoms with Crippen molar-refractivity contribution in [2.45, 2.75) is 70.3 Å². The lowest BCUT2D eigenvalue weighted by atomic mass is 9.82. The maximum absolute atomic E-state index is 11.7. The maximum atomic E-state index is 11.7. The second kappa shape index (κ2) is 9.46. The first-order chi connectivity index (χ1) is 12.4. The van der Waals surface area contributed by atoms with E-state index >= 15 is 0 Å². The van der Waals surface area contributed by atoms with Gasteiger partial charge in [0.2, 0.25) is 0 Å². The first kappa shape index (κ1) is 20.1. The number of aromatic hydroxyl groups is 1. The quantitative estimate of drug-likeness (QED) is 0.550. The summed E-state index contributed by atoms with van der Waals surface area (Å²) in [6, 6.07) is 5.28. The lowest BCUT2D eigenvalue weighted by molar-refractivity contribution is -0.136. The van der Waals surface area contributed by atoms with Crippen LogP contribution in [0.3, 0.4) is 0 Å². The highest BCUT2D eigenvalue weighted by atomic mass is 16.6. The molecule has 0 heterocycles. The highest BCUT2D eigenvalue weighted by Gasteiger charge is 2.35. The van der Waals surface area contributed by atoms with Crippen molar-refractivity contribution < 1.29 is 24.5 Å². The summed E-state index contributed by atoms with van der Waals surface area (Å²) in [5, 5.41) is 21.5. The van der Waals surface area contributed by atoms with E-state index in [4.69, 9.17) is 9.84 Å². The number of hydrogen-bond acceptors (Lipinski definition) is 4. The van der Waals surface area contributed by atoms with Gasteiger partial charge < -0.3 is 20.3 Å². The number of aryl methyl sites for hydroxylation is 2. The number of carboxylic acid groups (broad SMARTS) is 1. The average molecular weight is 363 g/mol. The molecule has 1 aliphatic rings. The van der Waals surface area contributed by atoms with Gasteiger partial charge in [-0.2, -0.15) is 0 Å². The fourth-order valence-electron chi connectivity index (χ4n) is 3.09. The van der Waals surface area contributed by atoms with E-state index in [0.29, 0.717) is 13.0 Å². The van der Waals surface area contributed by atoms with Crippen molar-refractivity contribution in [3.05, 3.63) is 29.3 Å². The molecular formula is C20H29NO5. The number of alkyl carbamates (subject to hydrolysis) is 1. The van der Waals surface area contributed by atoms with Gasteiger partial charge in [-0.05, 0) is 69.1 Å². The summed E-state index contributed by atoms with van der Waals surface area (Å²) in [7, 11) is 0. The van der Waals surface area contributed by atoms with Crippen molar-refractivity contribution >= 4 is 12.1 Å². The van der Waals surface area contributed by atoms with Crippen LogP contribution in [-0.4, -0.2) is 34.4 Å². The van der Waals surface area contributed by atoms with Gasteiger partial charge in [-0.1, -0.05) is 18.6 Å². The third-order valence-electron chi connectivity index (χ3n) is 4.91. The first-order valence-electron chi connectivity index (χ1n) is 9.37. The van der Waals surface area contributed by atoms with Gasteiger partial charge in [0.05, 0.1) is 0 Å². The average Bonchev–Trinajstić information content (AvgIpc) is 2.56. The zero-order chi connectivity index (χ0) is 19.0. The van der Waals surface area contributed by atoms with E-state index in [-0.39, 0.29) is 23.9 Å². The third-order valence-corrected chi connectivity index (χ3v) is 4.91. The summed E-state index contributed by atoms with van der Waals surface area (Å²) in [5.74, 6) is -0.573. The minimum atomic E-state index is -0.822. The Morgan fingerprint density at radius 3 is 2.62 bits per heavy atom. The van der Waals surface area contributed by atoms with E-state index < -0.39 is 5.97 Å². The Labute approximate surface area is 154 Å². The maximum Gasteiger partial charge on any atom is 0.407 e. The number of carboxylic acids is 1. The molecular weight excluding hydrogens is 334 g/mol. The standard InChI is InChI=1S/C20H29NO5/c1-20(11-5-12-20)26-19(25)21-13-4-2-3-6-16-14-15(7-9-17(16)22)8-10-18(23)24/h7,9,14,22H,2-6,8,10-13H2,1H3,(H,21,25)(H,23,24). The van der Waals surface area contributed by atoms with Crippen LogP contribution in [0.1, 0.15) is 63.0 Å². The van der Waals surface area contributed by atoms with Gasteiger partial charge in [-0.25, -0.2) is 4.79 Å². The van der Waals surface area contributed by atoms with Gasteiger partial charge >= 0.3 is 12.1 Å². The van der Waals surface area contributed by atoms with E-state index in [2.05, 4.69) is 5.32 Å². The molecule has 1 saturated carbocycles. The van der Waals surface area contributed by atoms with Crippen LogP contribution in [0.4, 0.5) is 4.79 Å². The molecule has 6 nitrogen and oxygen atoms in total. The molecule has 1 amide bonds. The molecule has 0 spiro atoms. The van der Waals surface area contributed by atoms with Gasteiger partial charge in [-0.15, -0.1) is 0 Å². The number of carbonyl (C=O) groups excluding carboxylic acids is 1. The van der Waals surface area contributed by atoms with Crippen LogP contribution in [-0.2, 0) is 22.4 Å². The van der Waals surface area contributed by atoms with E-state index in [1.165, 1.54) is 0 Å². The molecule has 2 rings (SSSR count). The summed E-state index contributed by atoms with van der Waals surface area (Å²) < 4.78 is 5.39. The summed E-state index contributed by atoms with van der Waals surface area (Å²) in [6.45, 7) is 2.55. The summed E-state index contributed by atoms with van der Waals surface area (Å²) in [5.41, 5.74) is 1.50. The number of phenols is 1. The van der Waals surface area contributed by atoms with Crippen LogP contribution in [0.15, 0.2) is 18.2 Å². The molecule has 1 aliphatic carbocycles. The van der Waals surface area contributed by atoms with Gasteiger partial charge in [0.1, 0.15) is 11.4 Å². The summed E-state index contributed by atoms with van der Waals surface area (Å²) in [4.78, 5) is 22.3. The lowest BCUT2D eigenvalue weighted by Gasteiger charge is -2.37. The molecule has 26 heavy (non-hydrogen) atoms. The van der Waals surface area contributed by atoms with Gasteiger partial charge in [0.15, 0.2) is 0 Å². The third kappa shape index (κ3) is 6.58. The van der Waals surface area contributed by atoms with Crippen LogP contribution >= 0.6 is 0 Å². The van der Waals surface area contributed by atoms with E-state index in [9.17, 15) is 14.7 Å². The molecule has 0 saturated heterocycles. The fourth-order valence-corrected chi connectivity index (χ4v) is 3.09. The van der Waals surface area contributed by atoms with E-state index in [1.807, 2.05) is 13.0 Å². The number of carbonyl (C=O) groups is 2. The summed E-state index contributed by atoms with van der Waals surface area (Å²) in [6.07, 6.45) is 6.62. The minimum Gasteiger partial charge on any atom is -0.508 e. The number of aliphatic carboxylic acids is 1. The van der Waals surface area contributed by atoms with Gasteiger partial charge in [0, 0.05) is 13.0 Å². The van der Waals surface area contributed by atoms with Crippen molar-refractivity contribution in [3.8, 4) is 5.75 Å². The predicted molar refractivity (Wildman–Crippen MR) is 98.4 cm³/mol. The van der Waals surface area contributed by atoms with E-state index in [1.54, 1.807) is 12.1 Å². The number of phenolic OH excluding ortho intramolecular Hbond substituents is 1. The van der Waals surface area contributed by atoms with Crippen molar-refractivity contribution in [1.29, 1.82) is 0 Å². The van der Waals surface area contributed by atoms with Crippen LogP contribution in [0.5, 0.6) is 5.75 Å². The molecule has 0 aromatic heterocycles. The van der Waals surface area contributed by atoms with Crippen molar-refractivity contribution in [2.75, 3.05) is 6.54 Å². The molecule has 0 bridgehead atoms. The Morgan fingerprint density at radius 2 is 1.96 bits per heavy atom. The Kier molecular flexibility index (Phi) is 7.30. The van der Waals surface area contributed by atoms with Crippen molar-refractivity contribution in [1.82, 2.24) is 5.32 Å². The summed E-state index contributed by atoms with van der Waals surface area (Å²) >= 11 is 0. The Morgan fingerprint density at radius 1 is 1.19 bits per heavy atom. The van der Waals surface area contributed by atoms with E-state index in [0.717, 1.165) is 56.1 Å². The zero-order valence-corrected chi connectivity index (χ0v) is 15.4. The molecule has 0 atom stereocenters. The number of ether oxygens (including phenoxy) is 1. The molecule has 0 radical (unpaired) electrons. The number of amides is 1. The fraction of sp³-hybridized carbons (Fsp3) is 0.600. The smallest absolute Gasteiger partial charge is 0.407 e. The van der Waals surface area contributed by atoms with Crippen LogP contribution in [0.2, 0.25) is 0 Å². The molecule has 1 aromatic carbocycles. The van der Waals surface area contributed by atoms with Gasteiger partial charge in [0.25, 0.3) is 0 Å². The van der Waals surface area contributed by atoms with Crippen molar-refractivity contribution in [3.63, 3.8) is 0 Å². The molecule has 1 aromatic rings. The van der Waals surface area contributed by atoms with Gasteiger partial charge in [-0.3, -0.25) is 4.79 Å². The lowest BCUT2D eigenvalue weighted by Crippen LogP contribution is -2.42. The Balaban J connectivity index is 1.62. The minimum absolute atomic E-state index is 0.0883. The zero-order valence-electron chi connectivity index (χ0n) is 15.4. The first-order valence-corrected chi connectivity index (χ1v) is 9.37. The molecule has 3 N–H and O–H groups in total. The molecule has 0 aliphatic heterocycles. The number of unbranched alkanes of at least 4 members (excludes halogenated alkanes) is 2. The number of nitrogens with one attached hydrogen (secondary N) is 1. The topological polar surface area (TPSA) is 95.9 Å². The Hall–Kier alpha value is -2.24. The monoisotopic (exact) mass is 363 g/mol. The largest absolute Gasteiger partial charge is 0.508 e. The molecule has 1 fully saturated rings. The molecule has 0 unspecified atom stereocenters. The second-order valence-corrected chi connectivity index (χ2v) is 7.29. The molecule has 144 valence electrons. The highest BCUT2D eigenvalue weighted by Crippen LogP contribution is 2.34. The second-order valence-electron chi connectivity index (χ2n) is 7.29. The number of rotatable bonds is 10. The van der Waals surface area contributed by atoms with Crippen molar-refractivity contribution in [2.24, 2.45) is 0 Å². The van der Waals surface area contributed by atoms with Crippen LogP contribution in [0, 0.1) is 0 Å². The normalized spacial score (nSPS) is 15.1. The van der Waals surface area contributed by atoms with Crippen LogP contribution < -0.4 is 5.32 Å². The predicted octanol–water partition coefficient (Wildman–Crippen LogP) is 3.79. The SMILES string of the molecule is CC1(OC(=O)NCCCCCc2cc(CCC(=O)O)ccc2O)CCC1. The number of benzene rings is 1.